The zero-order valence-corrected chi connectivity index (χ0v) is 17.0. The minimum Gasteiger partial charge on any atom is -0.394 e. The molecule has 0 aromatic carbocycles. The third-order valence-corrected chi connectivity index (χ3v) is 5.13. The Morgan fingerprint density at radius 3 is 2.43 bits per heavy atom. The van der Waals surface area contributed by atoms with Crippen molar-refractivity contribution in [3.63, 3.8) is 0 Å². The number of fused-ring (bicyclic) bond motifs is 1. The first kappa shape index (κ1) is 22.0. The fourth-order valence-electron chi connectivity index (χ4n) is 3.56. The molecule has 3 rings (SSSR count). The van der Waals surface area contributed by atoms with Crippen molar-refractivity contribution in [1.29, 1.82) is 0 Å². The van der Waals surface area contributed by atoms with Gasteiger partial charge in [0.25, 0.3) is 5.56 Å². The Morgan fingerprint density at radius 1 is 1.27 bits per heavy atom. The topological polar surface area (TPSA) is 194 Å². The second kappa shape index (κ2) is 7.54. The zero-order valence-electron chi connectivity index (χ0n) is 17.0. The molecule has 164 valence electrons. The lowest BCUT2D eigenvalue weighted by atomic mass is 9.84. The quantitative estimate of drug-likeness (QED) is 0.350. The Bertz CT molecular complexity index is 1060. The predicted molar refractivity (Wildman–Crippen MR) is 104 cm³/mol. The number of aromatic nitrogens is 4. The third kappa shape index (κ3) is 3.12. The molecule has 1 fully saturated rings. The molecular weight excluding hydrogens is 398 g/mol. The van der Waals surface area contributed by atoms with Crippen molar-refractivity contribution in [1.82, 2.24) is 19.5 Å². The number of hydrogen-bond acceptors (Lipinski definition) is 10. The number of aliphatic hydroxyl groups is 3. The molecule has 3 heterocycles. The number of nitrogen functional groups attached to an aromatic ring is 1. The van der Waals surface area contributed by atoms with E-state index in [-0.39, 0.29) is 22.9 Å². The van der Waals surface area contributed by atoms with Crippen LogP contribution < -0.4 is 11.3 Å². The maximum absolute atomic E-state index is 12.9. The summed E-state index contributed by atoms with van der Waals surface area (Å²) in [5.41, 5.74) is 1.91. The van der Waals surface area contributed by atoms with Crippen LogP contribution in [0.4, 0.5) is 5.95 Å². The molecule has 12 heteroatoms. The summed E-state index contributed by atoms with van der Waals surface area (Å²) in [6.07, 6.45) is -4.82. The number of Topliss-reactive ketones (excluding diaryl/α,β-unsaturated/α-hetero) is 2. The van der Waals surface area contributed by atoms with E-state index in [1.165, 1.54) is 13.8 Å². The summed E-state index contributed by atoms with van der Waals surface area (Å²) < 4.78 is 6.62. The summed E-state index contributed by atoms with van der Waals surface area (Å²) in [5, 5.41) is 31.5. The van der Waals surface area contributed by atoms with Gasteiger partial charge in [-0.15, -0.1) is 0 Å². The molecule has 0 saturated carbocycles. The van der Waals surface area contributed by atoms with Crippen LogP contribution in [0.2, 0.25) is 0 Å². The fourth-order valence-corrected chi connectivity index (χ4v) is 3.56. The van der Waals surface area contributed by atoms with Gasteiger partial charge in [0.05, 0.1) is 6.61 Å². The van der Waals surface area contributed by atoms with E-state index in [1.807, 2.05) is 0 Å². The molecule has 6 N–H and O–H groups in total. The van der Waals surface area contributed by atoms with Crippen molar-refractivity contribution < 1.29 is 29.6 Å². The van der Waals surface area contributed by atoms with Crippen molar-refractivity contribution in [2.24, 2.45) is 11.8 Å². The molecule has 2 aromatic rings. The van der Waals surface area contributed by atoms with Gasteiger partial charge in [0.15, 0.2) is 34.6 Å². The first-order valence-electron chi connectivity index (χ1n) is 9.48. The van der Waals surface area contributed by atoms with Crippen LogP contribution in [0.1, 0.15) is 44.5 Å². The molecule has 30 heavy (non-hydrogen) atoms. The Labute approximate surface area is 170 Å². The van der Waals surface area contributed by atoms with E-state index in [4.69, 9.17) is 10.5 Å². The van der Waals surface area contributed by atoms with Crippen LogP contribution in [-0.4, -0.2) is 70.8 Å². The number of nitrogens with one attached hydrogen (secondary N) is 1. The van der Waals surface area contributed by atoms with Crippen LogP contribution >= 0.6 is 0 Å². The molecule has 0 bridgehead atoms. The second-order valence-corrected chi connectivity index (χ2v) is 7.95. The van der Waals surface area contributed by atoms with Crippen LogP contribution in [0.15, 0.2) is 4.79 Å². The van der Waals surface area contributed by atoms with Crippen LogP contribution in [0, 0.1) is 11.8 Å². The number of aromatic amines is 1. The van der Waals surface area contributed by atoms with Crippen molar-refractivity contribution >= 4 is 28.7 Å². The van der Waals surface area contributed by atoms with E-state index in [2.05, 4.69) is 15.0 Å². The van der Waals surface area contributed by atoms with E-state index < -0.39 is 59.6 Å². The maximum atomic E-state index is 12.9. The highest BCUT2D eigenvalue weighted by atomic mass is 16.6. The van der Waals surface area contributed by atoms with E-state index >= 15 is 0 Å². The second-order valence-electron chi connectivity index (χ2n) is 7.95. The van der Waals surface area contributed by atoms with Crippen molar-refractivity contribution in [2.75, 3.05) is 12.3 Å². The number of carbonyl (C=O) groups is 2. The molecule has 1 unspecified atom stereocenters. The largest absolute Gasteiger partial charge is 0.394 e. The number of nitrogens with zero attached hydrogens (tertiary/aromatic N) is 3. The molecule has 2 aromatic heterocycles. The Kier molecular flexibility index (Phi) is 5.54. The van der Waals surface area contributed by atoms with E-state index in [0.717, 1.165) is 4.57 Å². The predicted octanol–water partition coefficient (Wildman–Crippen LogP) is -1.25. The Hall–Kier alpha value is -2.67. The number of ketones is 2. The van der Waals surface area contributed by atoms with Gasteiger partial charge in [-0.25, -0.2) is 4.98 Å². The lowest BCUT2D eigenvalue weighted by Crippen LogP contribution is -2.55. The average Bonchev–Trinajstić information content (AvgIpc) is 3.16. The monoisotopic (exact) mass is 423 g/mol. The minimum absolute atomic E-state index is 0.203. The smallest absolute Gasteiger partial charge is 0.280 e. The Morgan fingerprint density at radius 2 is 1.90 bits per heavy atom. The number of hydrogen-bond donors (Lipinski definition) is 5. The fraction of sp³-hybridized carbons (Fsp3) is 0.611. The highest BCUT2D eigenvalue weighted by Gasteiger charge is 2.62. The van der Waals surface area contributed by atoms with Crippen molar-refractivity contribution in [2.45, 2.75) is 51.7 Å². The molecule has 1 aliphatic heterocycles. The number of rotatable bonds is 6. The normalized spacial score (nSPS) is 26.8. The van der Waals surface area contributed by atoms with Crippen molar-refractivity contribution in [3.05, 3.63) is 16.2 Å². The molecule has 1 saturated heterocycles. The van der Waals surface area contributed by atoms with E-state index in [1.54, 1.807) is 13.8 Å². The van der Waals surface area contributed by atoms with Crippen LogP contribution in [0.5, 0.6) is 0 Å². The van der Waals surface area contributed by atoms with Crippen LogP contribution in [0.3, 0.4) is 0 Å². The van der Waals surface area contributed by atoms with Gasteiger partial charge in [-0.3, -0.25) is 23.9 Å². The van der Waals surface area contributed by atoms with Gasteiger partial charge in [-0.2, -0.15) is 4.98 Å². The van der Waals surface area contributed by atoms with Crippen LogP contribution in [-0.2, 0) is 9.53 Å². The molecule has 0 amide bonds. The van der Waals surface area contributed by atoms with Gasteiger partial charge in [-0.1, -0.05) is 27.7 Å². The number of anilines is 1. The van der Waals surface area contributed by atoms with Crippen LogP contribution in [0.25, 0.3) is 11.2 Å². The summed E-state index contributed by atoms with van der Waals surface area (Å²) in [5.74, 6) is -3.17. The van der Waals surface area contributed by atoms with Crippen molar-refractivity contribution in [3.8, 4) is 0 Å². The summed E-state index contributed by atoms with van der Waals surface area (Å²) in [6.45, 7) is 5.53. The maximum Gasteiger partial charge on any atom is 0.280 e. The standard InChI is InChI=1S/C18H25N5O7/c1-6(2)10(25)14-20-9-13(21-17(19)22-15(9)28)23(14)16-18(29,11(26)7(3)4)12(27)8(5-24)30-16/h6-8,12,16,24,27,29H,5H2,1-4H3,(H3,19,21,22,28)/t8-,12-,16?,18+/m1/s1. The lowest BCUT2D eigenvalue weighted by Gasteiger charge is -2.32. The zero-order chi connectivity index (χ0) is 22.5. The molecule has 1 aliphatic rings. The molecule has 0 aliphatic carbocycles. The highest BCUT2D eigenvalue weighted by Crippen LogP contribution is 2.42. The summed E-state index contributed by atoms with van der Waals surface area (Å²) in [6, 6.07) is 0. The number of ether oxygens (including phenoxy) is 1. The summed E-state index contributed by atoms with van der Waals surface area (Å²) in [7, 11) is 0. The summed E-state index contributed by atoms with van der Waals surface area (Å²) >= 11 is 0. The molecule has 0 radical (unpaired) electrons. The first-order valence-corrected chi connectivity index (χ1v) is 9.48. The van der Waals surface area contributed by atoms with Gasteiger partial charge >= 0.3 is 0 Å². The van der Waals surface area contributed by atoms with Gasteiger partial charge < -0.3 is 25.8 Å². The van der Waals surface area contributed by atoms with Gasteiger partial charge in [0, 0.05) is 11.8 Å². The number of H-pyrrole nitrogens is 1. The molecular formula is C18H25N5O7. The third-order valence-electron chi connectivity index (χ3n) is 5.13. The SMILES string of the molecule is CC(C)C(=O)c1nc2c(=O)[nH]c(N)nc2n1C1O[C@H](CO)[C@@H](O)[C@@]1(O)C(=O)C(C)C. The minimum atomic E-state index is -2.54. The number of aliphatic hydroxyl groups excluding tert-OH is 2. The van der Waals surface area contributed by atoms with E-state index in [0.29, 0.717) is 0 Å². The molecule has 0 spiro atoms. The van der Waals surface area contributed by atoms with Gasteiger partial charge in [-0.05, 0) is 0 Å². The number of carbonyl (C=O) groups excluding carboxylic acids is 2. The molecule has 12 nitrogen and oxygen atoms in total. The van der Waals surface area contributed by atoms with E-state index in [9.17, 15) is 29.7 Å². The average molecular weight is 423 g/mol. The lowest BCUT2D eigenvalue weighted by molar-refractivity contribution is -0.161. The first-order chi connectivity index (χ1) is 13.9. The highest BCUT2D eigenvalue weighted by molar-refractivity contribution is 5.97. The number of imidazole rings is 1. The summed E-state index contributed by atoms with van der Waals surface area (Å²) in [4.78, 5) is 48.5. The van der Waals surface area contributed by atoms with Gasteiger partial charge in [0.1, 0.15) is 12.2 Å². The Balaban J connectivity index is 2.38. The molecule has 4 atom stereocenters. The van der Waals surface area contributed by atoms with Gasteiger partial charge in [0.2, 0.25) is 11.7 Å². The number of nitrogens with two attached hydrogens (primary N) is 1.